The zero-order valence-electron chi connectivity index (χ0n) is 16.4. The van der Waals surface area contributed by atoms with Crippen LogP contribution in [-0.4, -0.2) is 50.6 Å². The van der Waals surface area contributed by atoms with Crippen molar-refractivity contribution >= 4 is 22.6 Å². The van der Waals surface area contributed by atoms with Gasteiger partial charge < -0.3 is 9.72 Å². The van der Waals surface area contributed by atoms with Gasteiger partial charge in [0.05, 0.1) is 17.3 Å². The van der Waals surface area contributed by atoms with E-state index < -0.39 is 0 Å². The van der Waals surface area contributed by atoms with Gasteiger partial charge >= 0.3 is 0 Å². The number of aromatic amines is 1. The summed E-state index contributed by atoms with van der Waals surface area (Å²) in [5, 5.41) is 6.57. The fraction of sp³-hybridized carbons (Fsp3) is 0.524. The molecule has 0 bridgehead atoms. The molecule has 1 atom stereocenters. The Morgan fingerprint density at radius 2 is 2.00 bits per heavy atom. The van der Waals surface area contributed by atoms with Gasteiger partial charge in [-0.3, -0.25) is 9.58 Å². The predicted octanol–water partition coefficient (Wildman–Crippen LogP) is 4.59. The Labute approximate surface area is 169 Å². The van der Waals surface area contributed by atoms with Gasteiger partial charge in [-0.1, -0.05) is 11.6 Å². The zero-order chi connectivity index (χ0) is 19.3. The number of hydrogen-bond donors (Lipinski definition) is 1. The van der Waals surface area contributed by atoms with E-state index in [-0.39, 0.29) is 0 Å². The van der Waals surface area contributed by atoms with Gasteiger partial charge in [0.15, 0.2) is 0 Å². The van der Waals surface area contributed by atoms with Crippen LogP contribution in [0.2, 0.25) is 5.02 Å². The molecule has 0 radical (unpaired) electrons. The topological polar surface area (TPSA) is 59.0 Å². The Bertz CT molecular complexity index is 982. The number of pyridine rings is 1. The summed E-state index contributed by atoms with van der Waals surface area (Å²) in [6.45, 7) is 7.50. The summed E-state index contributed by atoms with van der Waals surface area (Å²) in [5.74, 6) is 0.535. The van der Waals surface area contributed by atoms with Gasteiger partial charge in [0.1, 0.15) is 11.9 Å². The van der Waals surface area contributed by atoms with Gasteiger partial charge in [-0.05, 0) is 38.8 Å². The standard InChI is InChI=1S/C21H26ClN5O/c1-13(2)27-19(14-3-6-26(7-4-14)20-5-8-28-20)10-18(25-27)15-9-16-17(22)12-24-21(16)23-11-15/h9-14,20H,3-8H2,1-2H3,(H,23,24). The third kappa shape index (κ3) is 3.13. The minimum absolute atomic E-state index is 0.323. The zero-order valence-corrected chi connectivity index (χ0v) is 17.1. The molecular formula is C21H26ClN5O. The maximum Gasteiger partial charge on any atom is 0.138 e. The summed E-state index contributed by atoms with van der Waals surface area (Å²) in [7, 11) is 0. The van der Waals surface area contributed by atoms with Crippen molar-refractivity contribution in [3.05, 3.63) is 35.2 Å². The van der Waals surface area contributed by atoms with Crippen LogP contribution in [0.1, 0.15) is 50.8 Å². The highest BCUT2D eigenvalue weighted by Crippen LogP contribution is 2.35. The first kappa shape index (κ1) is 18.2. The van der Waals surface area contributed by atoms with Crippen LogP contribution in [0, 0.1) is 0 Å². The van der Waals surface area contributed by atoms with Crippen molar-refractivity contribution in [2.45, 2.75) is 51.3 Å². The molecule has 28 heavy (non-hydrogen) atoms. The van der Waals surface area contributed by atoms with Crippen molar-refractivity contribution in [3.63, 3.8) is 0 Å². The van der Waals surface area contributed by atoms with Crippen LogP contribution in [0.4, 0.5) is 0 Å². The van der Waals surface area contributed by atoms with E-state index in [9.17, 15) is 0 Å². The molecule has 148 valence electrons. The molecule has 7 heteroatoms. The normalized spacial score (nSPS) is 21.5. The summed E-state index contributed by atoms with van der Waals surface area (Å²) < 4.78 is 7.85. The molecule has 0 saturated carbocycles. The Balaban J connectivity index is 1.43. The molecular weight excluding hydrogens is 374 g/mol. The Kier molecular flexibility index (Phi) is 4.65. The van der Waals surface area contributed by atoms with Crippen LogP contribution in [0.3, 0.4) is 0 Å². The third-order valence-corrected chi connectivity index (χ3v) is 6.37. The molecule has 2 aliphatic heterocycles. The van der Waals surface area contributed by atoms with Gasteiger partial charge in [-0.15, -0.1) is 0 Å². The first-order valence-electron chi connectivity index (χ1n) is 10.2. The molecule has 6 nitrogen and oxygen atoms in total. The number of halogens is 1. The molecule has 5 heterocycles. The third-order valence-electron chi connectivity index (χ3n) is 6.06. The maximum atomic E-state index is 6.28. The molecule has 5 rings (SSSR count). The number of rotatable bonds is 4. The molecule has 0 aromatic carbocycles. The first-order valence-corrected chi connectivity index (χ1v) is 10.6. The van der Waals surface area contributed by atoms with E-state index in [1.165, 1.54) is 12.1 Å². The summed E-state index contributed by atoms with van der Waals surface area (Å²) >= 11 is 6.28. The number of piperidine rings is 1. The highest BCUT2D eigenvalue weighted by atomic mass is 35.5. The van der Waals surface area contributed by atoms with Crippen LogP contribution in [0.25, 0.3) is 22.3 Å². The summed E-state index contributed by atoms with van der Waals surface area (Å²) in [6.07, 6.45) is 7.49. The van der Waals surface area contributed by atoms with E-state index in [1.54, 1.807) is 6.20 Å². The molecule has 0 amide bonds. The largest absolute Gasteiger partial charge is 0.363 e. The van der Waals surface area contributed by atoms with Crippen molar-refractivity contribution in [3.8, 4) is 11.3 Å². The summed E-state index contributed by atoms with van der Waals surface area (Å²) in [4.78, 5) is 10.1. The van der Waals surface area contributed by atoms with Crippen LogP contribution < -0.4 is 0 Å². The number of H-pyrrole nitrogens is 1. The molecule has 3 aromatic rings. The Morgan fingerprint density at radius 1 is 1.21 bits per heavy atom. The number of fused-ring (bicyclic) bond motifs is 1. The van der Waals surface area contributed by atoms with Crippen molar-refractivity contribution in [2.75, 3.05) is 19.7 Å². The average Bonchev–Trinajstić information content (AvgIpc) is 3.25. The molecule has 1 N–H and O–H groups in total. The quantitative estimate of drug-likeness (QED) is 0.697. The fourth-order valence-corrected chi connectivity index (χ4v) is 4.57. The van der Waals surface area contributed by atoms with E-state index in [1.807, 2.05) is 6.20 Å². The van der Waals surface area contributed by atoms with E-state index in [0.29, 0.717) is 23.2 Å². The van der Waals surface area contributed by atoms with Gasteiger partial charge in [-0.25, -0.2) is 4.98 Å². The molecule has 2 saturated heterocycles. The Hall–Kier alpha value is -1.89. The SMILES string of the molecule is CC(C)n1nc(-c2cnc3[nH]cc(Cl)c3c2)cc1C1CCN(C2CCO2)CC1. The second-order valence-corrected chi connectivity index (χ2v) is 8.58. The minimum Gasteiger partial charge on any atom is -0.363 e. The van der Waals surface area contributed by atoms with Crippen LogP contribution in [0.15, 0.2) is 24.5 Å². The molecule has 2 fully saturated rings. The highest BCUT2D eigenvalue weighted by molar-refractivity contribution is 6.35. The van der Waals surface area contributed by atoms with Gasteiger partial charge in [0.25, 0.3) is 0 Å². The van der Waals surface area contributed by atoms with E-state index in [0.717, 1.165) is 54.8 Å². The fourth-order valence-electron chi connectivity index (χ4n) is 4.37. The smallest absolute Gasteiger partial charge is 0.138 e. The molecule has 3 aromatic heterocycles. The molecule has 0 aliphatic carbocycles. The van der Waals surface area contributed by atoms with Gasteiger partial charge in [0.2, 0.25) is 0 Å². The van der Waals surface area contributed by atoms with E-state index >= 15 is 0 Å². The maximum absolute atomic E-state index is 6.28. The lowest BCUT2D eigenvalue weighted by atomic mass is 9.92. The predicted molar refractivity (Wildman–Crippen MR) is 111 cm³/mol. The molecule has 2 aliphatic rings. The van der Waals surface area contributed by atoms with Gasteiger partial charge in [-0.2, -0.15) is 5.10 Å². The van der Waals surface area contributed by atoms with Crippen LogP contribution in [-0.2, 0) is 4.74 Å². The minimum atomic E-state index is 0.323. The summed E-state index contributed by atoms with van der Waals surface area (Å²) in [5.41, 5.74) is 4.12. The number of aromatic nitrogens is 4. The number of ether oxygens (including phenoxy) is 1. The second-order valence-electron chi connectivity index (χ2n) is 8.17. The number of nitrogens with zero attached hydrogens (tertiary/aromatic N) is 4. The monoisotopic (exact) mass is 399 g/mol. The van der Waals surface area contributed by atoms with E-state index in [4.69, 9.17) is 21.4 Å². The lowest BCUT2D eigenvalue weighted by Crippen LogP contribution is -2.48. The first-order chi connectivity index (χ1) is 13.6. The van der Waals surface area contributed by atoms with E-state index in [2.05, 4.69) is 45.5 Å². The number of nitrogens with one attached hydrogen (secondary N) is 1. The van der Waals surface area contributed by atoms with Crippen LogP contribution >= 0.6 is 11.6 Å². The lowest BCUT2D eigenvalue weighted by Gasteiger charge is -2.41. The Morgan fingerprint density at radius 3 is 2.68 bits per heavy atom. The van der Waals surface area contributed by atoms with Crippen molar-refractivity contribution in [2.24, 2.45) is 0 Å². The molecule has 0 spiro atoms. The van der Waals surface area contributed by atoms with Crippen molar-refractivity contribution < 1.29 is 4.74 Å². The highest BCUT2D eigenvalue weighted by Gasteiger charge is 2.31. The summed E-state index contributed by atoms with van der Waals surface area (Å²) in [6, 6.07) is 4.65. The van der Waals surface area contributed by atoms with Crippen molar-refractivity contribution in [1.82, 2.24) is 24.6 Å². The van der Waals surface area contributed by atoms with Crippen LogP contribution in [0.5, 0.6) is 0 Å². The average molecular weight is 400 g/mol. The number of hydrogen-bond acceptors (Lipinski definition) is 4. The van der Waals surface area contributed by atoms with Gasteiger partial charge in [0, 0.05) is 60.5 Å². The number of likely N-dealkylation sites (tertiary alicyclic amines) is 1. The lowest BCUT2D eigenvalue weighted by molar-refractivity contribution is -0.150. The van der Waals surface area contributed by atoms with Crippen molar-refractivity contribution in [1.29, 1.82) is 0 Å². The molecule has 1 unspecified atom stereocenters. The second kappa shape index (κ2) is 7.17.